The van der Waals surface area contributed by atoms with Gasteiger partial charge in [0.05, 0.1) is 25.6 Å². The number of nitrogens with zero attached hydrogens (tertiary/aromatic N) is 2. The molecule has 0 saturated heterocycles. The minimum Gasteiger partial charge on any atom is -0.494 e. The van der Waals surface area contributed by atoms with Crippen molar-refractivity contribution in [2.24, 2.45) is 10.2 Å². The predicted molar refractivity (Wildman–Crippen MR) is 162 cm³/mol. The minimum absolute atomic E-state index is 0.0794. The second-order valence-electron chi connectivity index (χ2n) is 9.75. The van der Waals surface area contributed by atoms with E-state index in [0.29, 0.717) is 12.8 Å². The molecule has 0 heterocycles. The summed E-state index contributed by atoms with van der Waals surface area (Å²) in [6.45, 7) is 5.71. The van der Waals surface area contributed by atoms with Crippen molar-refractivity contribution < 1.29 is 19.1 Å². The first-order valence-corrected chi connectivity index (χ1v) is 14.7. The molecule has 0 radical (unpaired) electrons. The highest BCUT2D eigenvalue weighted by Gasteiger charge is 2.02. The Morgan fingerprint density at radius 3 is 1.35 bits per heavy atom. The van der Waals surface area contributed by atoms with Crippen molar-refractivity contribution in [1.82, 2.24) is 10.9 Å². The van der Waals surface area contributed by atoms with Crippen LogP contribution in [0.25, 0.3) is 0 Å². The smallest absolute Gasteiger partial charge is 0.240 e. The van der Waals surface area contributed by atoms with E-state index >= 15 is 0 Å². The molecule has 2 aromatic rings. The Kier molecular flexibility index (Phi) is 17.2. The second-order valence-corrected chi connectivity index (χ2v) is 9.75. The average Bonchev–Trinajstić information content (AvgIpc) is 2.96. The molecule has 0 spiro atoms. The summed E-state index contributed by atoms with van der Waals surface area (Å²) in [5, 5.41) is 8.08. The van der Waals surface area contributed by atoms with Gasteiger partial charge in [0.2, 0.25) is 11.8 Å². The second kappa shape index (κ2) is 21.2. The maximum atomic E-state index is 12.0. The lowest BCUT2D eigenvalue weighted by Gasteiger charge is -2.05. The number of carbonyl (C=O) groups excluding carboxylic acids is 2. The number of carbonyl (C=O) groups is 2. The van der Waals surface area contributed by atoms with E-state index in [1.165, 1.54) is 0 Å². The number of unbranched alkanes of at least 4 members (excludes halogenated alkanes) is 7. The zero-order chi connectivity index (χ0) is 28.7. The van der Waals surface area contributed by atoms with Crippen molar-refractivity contribution in [1.29, 1.82) is 0 Å². The molecule has 2 N–H and O–H groups in total. The molecule has 0 aliphatic rings. The van der Waals surface area contributed by atoms with E-state index in [9.17, 15) is 9.59 Å². The molecule has 0 saturated carbocycles. The zero-order valence-corrected chi connectivity index (χ0v) is 24.2. The molecule has 8 heteroatoms. The van der Waals surface area contributed by atoms with Crippen molar-refractivity contribution in [2.45, 2.75) is 90.9 Å². The van der Waals surface area contributed by atoms with Crippen LogP contribution in [0.1, 0.15) is 102 Å². The molecule has 0 aliphatic heterocycles. The van der Waals surface area contributed by atoms with E-state index < -0.39 is 0 Å². The summed E-state index contributed by atoms with van der Waals surface area (Å²) in [6, 6.07) is 15.3. The van der Waals surface area contributed by atoms with Crippen LogP contribution in [0.5, 0.6) is 11.5 Å². The third-order valence-corrected chi connectivity index (χ3v) is 6.16. The first-order chi connectivity index (χ1) is 19.6. The van der Waals surface area contributed by atoms with Crippen LogP contribution in [0.3, 0.4) is 0 Å². The van der Waals surface area contributed by atoms with Crippen LogP contribution in [-0.2, 0) is 9.59 Å². The van der Waals surface area contributed by atoms with Crippen LogP contribution < -0.4 is 20.3 Å². The summed E-state index contributed by atoms with van der Waals surface area (Å²) >= 11 is 0. The topological polar surface area (TPSA) is 101 Å². The zero-order valence-electron chi connectivity index (χ0n) is 24.2. The van der Waals surface area contributed by atoms with Gasteiger partial charge >= 0.3 is 0 Å². The maximum absolute atomic E-state index is 12.0. The Morgan fingerprint density at radius 2 is 0.975 bits per heavy atom. The number of hydrogen-bond acceptors (Lipinski definition) is 6. The Balaban J connectivity index is 1.45. The molecule has 0 fully saturated rings. The van der Waals surface area contributed by atoms with Gasteiger partial charge in [-0.3, -0.25) is 9.59 Å². The molecule has 40 heavy (non-hydrogen) atoms. The van der Waals surface area contributed by atoms with Gasteiger partial charge in [-0.15, -0.1) is 0 Å². The first kappa shape index (κ1) is 32.5. The van der Waals surface area contributed by atoms with Gasteiger partial charge in [-0.25, -0.2) is 10.9 Å². The van der Waals surface area contributed by atoms with E-state index in [2.05, 4.69) is 34.9 Å². The summed E-state index contributed by atoms with van der Waals surface area (Å²) in [5.41, 5.74) is 6.98. The lowest BCUT2D eigenvalue weighted by molar-refractivity contribution is -0.122. The lowest BCUT2D eigenvalue weighted by atomic mass is 10.1. The molecule has 2 rings (SSSR count). The van der Waals surface area contributed by atoms with Gasteiger partial charge in [0.1, 0.15) is 11.5 Å². The summed E-state index contributed by atoms with van der Waals surface area (Å²) < 4.78 is 11.3. The molecule has 8 nitrogen and oxygen atoms in total. The summed E-state index contributed by atoms with van der Waals surface area (Å²) in [7, 11) is 0. The molecule has 218 valence electrons. The van der Waals surface area contributed by atoms with Crippen molar-refractivity contribution in [3.63, 3.8) is 0 Å². The number of hydrazone groups is 2. The van der Waals surface area contributed by atoms with Crippen LogP contribution in [0.15, 0.2) is 58.7 Å². The predicted octanol–water partition coefficient (Wildman–Crippen LogP) is 6.77. The third-order valence-electron chi connectivity index (χ3n) is 6.16. The van der Waals surface area contributed by atoms with Crippen LogP contribution >= 0.6 is 0 Å². The van der Waals surface area contributed by atoms with Gasteiger partial charge in [0, 0.05) is 12.8 Å². The summed E-state index contributed by atoms with van der Waals surface area (Å²) in [5.74, 6) is 1.52. The quantitative estimate of drug-likeness (QED) is 0.102. The van der Waals surface area contributed by atoms with Crippen molar-refractivity contribution >= 4 is 24.2 Å². The van der Waals surface area contributed by atoms with E-state index in [1.54, 1.807) is 12.4 Å². The molecule has 2 aromatic carbocycles. The fraction of sp³-hybridized carbons (Fsp3) is 0.500. The molecule has 0 aliphatic carbocycles. The highest BCUT2D eigenvalue weighted by molar-refractivity contribution is 5.83. The largest absolute Gasteiger partial charge is 0.494 e. The van der Waals surface area contributed by atoms with Gasteiger partial charge in [-0.05, 0) is 85.3 Å². The molecule has 0 bridgehead atoms. The van der Waals surface area contributed by atoms with Crippen LogP contribution in [0, 0.1) is 0 Å². The standard InChI is InChI=1S/C32H46N4O4/c1-3-5-23-39-29-19-15-27(16-20-29)25-33-35-31(37)13-11-9-7-8-10-12-14-32(38)36-34-26-28-17-21-30(22-18-28)40-24-6-4-2/h15-22,25-26H,3-14,23-24H2,1-2H3,(H,35,37)(H,36,38)/b33-25+,34-26+. The lowest BCUT2D eigenvalue weighted by Crippen LogP contribution is -2.17. The van der Waals surface area contributed by atoms with Gasteiger partial charge in [0.15, 0.2) is 0 Å². The highest BCUT2D eigenvalue weighted by atomic mass is 16.5. The van der Waals surface area contributed by atoms with Crippen LogP contribution in [0.4, 0.5) is 0 Å². The summed E-state index contributed by atoms with van der Waals surface area (Å²) in [6.07, 6.45) is 14.2. The van der Waals surface area contributed by atoms with Gasteiger partial charge in [-0.2, -0.15) is 10.2 Å². The van der Waals surface area contributed by atoms with Crippen LogP contribution in [0.2, 0.25) is 0 Å². The maximum Gasteiger partial charge on any atom is 0.240 e. The number of benzene rings is 2. The van der Waals surface area contributed by atoms with E-state index in [1.807, 2.05) is 48.5 Å². The first-order valence-electron chi connectivity index (χ1n) is 14.7. The van der Waals surface area contributed by atoms with E-state index in [-0.39, 0.29) is 11.8 Å². The van der Waals surface area contributed by atoms with Gasteiger partial charge in [-0.1, -0.05) is 52.4 Å². The fourth-order valence-electron chi connectivity index (χ4n) is 3.72. The van der Waals surface area contributed by atoms with Crippen LogP contribution in [-0.4, -0.2) is 37.5 Å². The number of ether oxygens (including phenoxy) is 2. The van der Waals surface area contributed by atoms with E-state index in [0.717, 1.165) is 100 Å². The highest BCUT2D eigenvalue weighted by Crippen LogP contribution is 2.13. The SMILES string of the molecule is CCCCOc1ccc(/C=N/NC(=O)CCCCCCCCC(=O)N/N=C/c2ccc(OCCCC)cc2)cc1. The summed E-state index contributed by atoms with van der Waals surface area (Å²) in [4.78, 5) is 24.0. The number of rotatable bonds is 21. The molecular weight excluding hydrogens is 504 g/mol. The molecule has 0 aromatic heterocycles. The molecular formula is C32H46N4O4. The Morgan fingerprint density at radius 1 is 0.600 bits per heavy atom. The van der Waals surface area contributed by atoms with Crippen molar-refractivity contribution in [3.05, 3.63) is 59.7 Å². The Hall–Kier alpha value is -3.68. The van der Waals surface area contributed by atoms with Crippen molar-refractivity contribution in [2.75, 3.05) is 13.2 Å². The Labute approximate surface area is 239 Å². The third kappa shape index (κ3) is 15.7. The van der Waals surface area contributed by atoms with E-state index in [4.69, 9.17) is 9.47 Å². The molecule has 2 amide bonds. The average molecular weight is 551 g/mol. The number of hydrogen-bond donors (Lipinski definition) is 2. The number of nitrogens with one attached hydrogen (secondary N) is 2. The van der Waals surface area contributed by atoms with Gasteiger partial charge < -0.3 is 9.47 Å². The normalized spacial score (nSPS) is 11.2. The molecule has 0 atom stereocenters. The van der Waals surface area contributed by atoms with Crippen molar-refractivity contribution in [3.8, 4) is 11.5 Å². The monoisotopic (exact) mass is 550 g/mol. The number of amides is 2. The Bertz CT molecular complexity index is 937. The minimum atomic E-state index is -0.0794. The fourth-order valence-corrected chi connectivity index (χ4v) is 3.72. The van der Waals surface area contributed by atoms with Gasteiger partial charge in [0.25, 0.3) is 0 Å². The molecule has 0 unspecified atom stereocenters.